The van der Waals surface area contributed by atoms with Crippen LogP contribution in [0.4, 0.5) is 0 Å². The highest BCUT2D eigenvalue weighted by Gasteiger charge is 2.20. The van der Waals surface area contributed by atoms with Crippen LogP contribution in [0, 0.1) is 13.8 Å². The summed E-state index contributed by atoms with van der Waals surface area (Å²) >= 11 is 0. The molecular weight excluding hydrogens is 302 g/mol. The molecule has 24 heavy (non-hydrogen) atoms. The quantitative estimate of drug-likeness (QED) is 0.792. The van der Waals surface area contributed by atoms with E-state index in [1.54, 1.807) is 12.4 Å². The normalized spacial score (nSPS) is 14.6. The Labute approximate surface area is 140 Å². The van der Waals surface area contributed by atoms with Gasteiger partial charge in [-0.3, -0.25) is 4.90 Å². The Balaban J connectivity index is 1.51. The first kappa shape index (κ1) is 14.9. The van der Waals surface area contributed by atoms with Gasteiger partial charge >= 0.3 is 0 Å². The minimum Gasteiger partial charge on any atom is -0.345 e. The summed E-state index contributed by atoms with van der Waals surface area (Å²) in [6.45, 7) is 6.72. The van der Waals surface area contributed by atoms with Gasteiger partial charge in [-0.15, -0.1) is 0 Å². The molecule has 0 amide bonds. The predicted octanol–water partition coefficient (Wildman–Crippen LogP) is 1.83. The summed E-state index contributed by atoms with van der Waals surface area (Å²) in [4.78, 5) is 27.5. The molecule has 0 spiro atoms. The molecule has 0 saturated heterocycles. The van der Waals surface area contributed by atoms with Gasteiger partial charge in [0.05, 0.1) is 23.5 Å². The van der Waals surface area contributed by atoms with E-state index in [0.29, 0.717) is 5.82 Å². The van der Waals surface area contributed by atoms with Crippen LogP contribution >= 0.6 is 0 Å². The first-order chi connectivity index (χ1) is 11.7. The molecule has 0 radical (unpaired) electrons. The zero-order valence-corrected chi connectivity index (χ0v) is 13.8. The summed E-state index contributed by atoms with van der Waals surface area (Å²) in [5, 5.41) is 0. The molecule has 3 aromatic rings. The van der Waals surface area contributed by atoms with Gasteiger partial charge in [-0.2, -0.15) is 0 Å². The maximum atomic E-state index is 4.70. The van der Waals surface area contributed by atoms with Crippen molar-refractivity contribution in [3.8, 4) is 11.4 Å². The maximum Gasteiger partial charge on any atom is 0.162 e. The average molecular weight is 321 g/mol. The lowest BCUT2D eigenvalue weighted by molar-refractivity contribution is 0.237. The molecule has 0 bridgehead atoms. The summed E-state index contributed by atoms with van der Waals surface area (Å²) in [6.07, 6.45) is 7.83. The largest absolute Gasteiger partial charge is 0.345 e. The molecule has 4 rings (SSSR count). The van der Waals surface area contributed by atoms with E-state index in [1.165, 1.54) is 11.9 Å². The lowest BCUT2D eigenvalue weighted by atomic mass is 10.1. The summed E-state index contributed by atoms with van der Waals surface area (Å²) in [5.74, 6) is 1.72. The van der Waals surface area contributed by atoms with E-state index in [1.807, 2.05) is 13.1 Å². The van der Waals surface area contributed by atoms with E-state index >= 15 is 0 Å². The predicted molar refractivity (Wildman–Crippen MR) is 88.9 cm³/mol. The van der Waals surface area contributed by atoms with Gasteiger partial charge in [0.15, 0.2) is 5.82 Å². The van der Waals surface area contributed by atoms with Crippen LogP contribution < -0.4 is 0 Å². The minimum atomic E-state index is 0.695. The first-order valence-electron chi connectivity index (χ1n) is 8.03. The second-order valence-corrected chi connectivity index (χ2v) is 6.15. The molecule has 0 atom stereocenters. The first-order valence-corrected chi connectivity index (χ1v) is 8.03. The third-order valence-corrected chi connectivity index (χ3v) is 4.38. The zero-order chi connectivity index (χ0) is 16.5. The van der Waals surface area contributed by atoms with Crippen LogP contribution in [0.3, 0.4) is 0 Å². The summed E-state index contributed by atoms with van der Waals surface area (Å²) in [6, 6.07) is 0. The lowest BCUT2D eigenvalue weighted by Crippen LogP contribution is -2.31. The molecule has 1 aliphatic rings. The van der Waals surface area contributed by atoms with Crippen molar-refractivity contribution in [1.82, 2.24) is 34.8 Å². The van der Waals surface area contributed by atoms with Crippen molar-refractivity contribution in [3.05, 3.63) is 53.4 Å². The number of rotatable bonds is 3. The lowest BCUT2D eigenvalue weighted by Gasteiger charge is -2.27. The third kappa shape index (κ3) is 2.90. The Bertz CT molecular complexity index is 837. The van der Waals surface area contributed by atoms with Crippen LogP contribution in [0.5, 0.6) is 0 Å². The highest BCUT2D eigenvalue weighted by Crippen LogP contribution is 2.21. The molecule has 7 heteroatoms. The van der Waals surface area contributed by atoms with Crippen LogP contribution in [0.2, 0.25) is 0 Å². The standard InChI is InChI=1S/C17H19N7/c1-11-12(2)22-16(21-11)9-24-4-3-15-14(8-24)7-20-17(23-15)13-5-18-10-19-6-13/h5-7,10H,3-4,8-9H2,1-2H3,(H,21,22). The maximum absolute atomic E-state index is 4.70. The van der Waals surface area contributed by atoms with E-state index in [4.69, 9.17) is 4.98 Å². The molecule has 0 unspecified atom stereocenters. The van der Waals surface area contributed by atoms with Crippen molar-refractivity contribution in [3.63, 3.8) is 0 Å². The number of nitrogens with zero attached hydrogens (tertiary/aromatic N) is 6. The van der Waals surface area contributed by atoms with Gasteiger partial charge in [-0.1, -0.05) is 0 Å². The van der Waals surface area contributed by atoms with Crippen LogP contribution in [-0.2, 0) is 19.5 Å². The number of fused-ring (bicyclic) bond motifs is 1. The minimum absolute atomic E-state index is 0.695. The molecule has 0 fully saturated rings. The van der Waals surface area contributed by atoms with Gasteiger partial charge in [-0.25, -0.2) is 24.9 Å². The van der Waals surface area contributed by atoms with Crippen molar-refractivity contribution in [1.29, 1.82) is 0 Å². The van der Waals surface area contributed by atoms with Gasteiger partial charge in [0.2, 0.25) is 0 Å². The van der Waals surface area contributed by atoms with Crippen LogP contribution in [0.1, 0.15) is 28.5 Å². The fourth-order valence-corrected chi connectivity index (χ4v) is 2.97. The fraction of sp³-hybridized carbons (Fsp3) is 0.353. The molecule has 3 aromatic heterocycles. The van der Waals surface area contributed by atoms with Crippen LogP contribution in [0.15, 0.2) is 24.9 Å². The Kier molecular flexibility index (Phi) is 3.78. The topological polar surface area (TPSA) is 83.5 Å². The number of aryl methyl sites for hydroxylation is 2. The molecule has 0 aromatic carbocycles. The Hall–Kier alpha value is -2.67. The molecule has 1 N–H and O–H groups in total. The number of nitrogens with one attached hydrogen (secondary N) is 1. The van der Waals surface area contributed by atoms with Crippen molar-refractivity contribution in [2.45, 2.75) is 33.4 Å². The van der Waals surface area contributed by atoms with Crippen molar-refractivity contribution >= 4 is 0 Å². The number of hydrogen-bond acceptors (Lipinski definition) is 6. The monoisotopic (exact) mass is 321 g/mol. The molecule has 0 aliphatic carbocycles. The second kappa shape index (κ2) is 6.09. The van der Waals surface area contributed by atoms with Crippen LogP contribution in [0.25, 0.3) is 11.4 Å². The number of aromatic nitrogens is 6. The molecule has 0 saturated carbocycles. The van der Waals surface area contributed by atoms with Gasteiger partial charge in [0.1, 0.15) is 12.2 Å². The van der Waals surface area contributed by atoms with Gasteiger partial charge < -0.3 is 4.98 Å². The molecular formula is C17H19N7. The smallest absolute Gasteiger partial charge is 0.162 e. The second-order valence-electron chi connectivity index (χ2n) is 6.15. The highest BCUT2D eigenvalue weighted by atomic mass is 15.2. The van der Waals surface area contributed by atoms with E-state index < -0.39 is 0 Å². The number of hydrogen-bond donors (Lipinski definition) is 1. The molecule has 7 nitrogen and oxygen atoms in total. The van der Waals surface area contributed by atoms with Crippen LogP contribution in [-0.4, -0.2) is 41.3 Å². The van der Waals surface area contributed by atoms with Gasteiger partial charge in [-0.05, 0) is 13.8 Å². The molecule has 1 aliphatic heterocycles. The van der Waals surface area contributed by atoms with E-state index in [0.717, 1.165) is 54.5 Å². The zero-order valence-electron chi connectivity index (χ0n) is 13.8. The number of aromatic amines is 1. The molecule has 122 valence electrons. The van der Waals surface area contributed by atoms with Crippen molar-refractivity contribution < 1.29 is 0 Å². The average Bonchev–Trinajstić information content (AvgIpc) is 2.92. The van der Waals surface area contributed by atoms with E-state index in [-0.39, 0.29) is 0 Å². The van der Waals surface area contributed by atoms with E-state index in [9.17, 15) is 0 Å². The van der Waals surface area contributed by atoms with Gasteiger partial charge in [0.25, 0.3) is 0 Å². The SMILES string of the molecule is Cc1nc(CN2CCc3nc(-c4cncnc4)ncc3C2)[nH]c1C. The van der Waals surface area contributed by atoms with Crippen molar-refractivity contribution in [2.75, 3.05) is 6.54 Å². The van der Waals surface area contributed by atoms with E-state index in [2.05, 4.69) is 36.7 Å². The van der Waals surface area contributed by atoms with Crippen molar-refractivity contribution in [2.24, 2.45) is 0 Å². The molecule has 4 heterocycles. The number of H-pyrrole nitrogens is 1. The summed E-state index contributed by atoms with van der Waals surface area (Å²) in [5.41, 5.74) is 5.36. The summed E-state index contributed by atoms with van der Waals surface area (Å²) < 4.78 is 0. The fourth-order valence-electron chi connectivity index (χ4n) is 2.97. The highest BCUT2D eigenvalue weighted by molar-refractivity contribution is 5.52. The van der Waals surface area contributed by atoms with Gasteiger partial charge in [0, 0.05) is 49.4 Å². The third-order valence-electron chi connectivity index (χ3n) is 4.38. The summed E-state index contributed by atoms with van der Waals surface area (Å²) in [7, 11) is 0. The number of imidazole rings is 1. The Morgan fingerprint density at radius 2 is 1.96 bits per heavy atom. The Morgan fingerprint density at radius 3 is 2.71 bits per heavy atom. The Morgan fingerprint density at radius 1 is 1.12 bits per heavy atom.